The molecule has 1 aliphatic rings. The lowest BCUT2D eigenvalue weighted by atomic mass is 10.1. The topological polar surface area (TPSA) is 52.6 Å². The molecule has 0 spiro atoms. The molecule has 0 unspecified atom stereocenters. The summed E-state index contributed by atoms with van der Waals surface area (Å²) in [7, 11) is 0. The SMILES string of the molecule is O=C(C=Cc1ccc(CN2CCCCC2)cc1)NO. The first-order valence-electron chi connectivity index (χ1n) is 6.71. The van der Waals surface area contributed by atoms with Gasteiger partial charge in [0.25, 0.3) is 5.91 Å². The highest BCUT2D eigenvalue weighted by Crippen LogP contribution is 2.14. The van der Waals surface area contributed by atoms with E-state index in [1.165, 1.54) is 44.0 Å². The molecule has 1 amide bonds. The zero-order chi connectivity index (χ0) is 13.5. The van der Waals surface area contributed by atoms with Gasteiger partial charge in [-0.3, -0.25) is 14.9 Å². The maximum absolute atomic E-state index is 10.9. The fourth-order valence-corrected chi connectivity index (χ4v) is 2.32. The Morgan fingerprint density at radius 2 is 1.89 bits per heavy atom. The normalized spacial score (nSPS) is 16.7. The van der Waals surface area contributed by atoms with E-state index in [-0.39, 0.29) is 0 Å². The van der Waals surface area contributed by atoms with Crippen LogP contribution < -0.4 is 5.48 Å². The van der Waals surface area contributed by atoms with E-state index >= 15 is 0 Å². The Labute approximate surface area is 113 Å². The van der Waals surface area contributed by atoms with Crippen molar-refractivity contribution in [2.24, 2.45) is 0 Å². The summed E-state index contributed by atoms with van der Waals surface area (Å²) in [5.74, 6) is -0.516. The fourth-order valence-electron chi connectivity index (χ4n) is 2.32. The zero-order valence-corrected chi connectivity index (χ0v) is 11.0. The molecule has 0 radical (unpaired) electrons. The van der Waals surface area contributed by atoms with E-state index in [4.69, 9.17) is 5.21 Å². The van der Waals surface area contributed by atoms with Crippen molar-refractivity contribution in [2.45, 2.75) is 25.8 Å². The third-order valence-corrected chi connectivity index (χ3v) is 3.37. The molecule has 1 heterocycles. The summed E-state index contributed by atoms with van der Waals surface area (Å²) in [6, 6.07) is 8.15. The minimum Gasteiger partial charge on any atom is -0.299 e. The molecule has 1 aliphatic heterocycles. The van der Waals surface area contributed by atoms with Crippen LogP contribution in [0.25, 0.3) is 6.08 Å². The van der Waals surface area contributed by atoms with Gasteiger partial charge in [-0.05, 0) is 43.1 Å². The molecule has 19 heavy (non-hydrogen) atoms. The summed E-state index contributed by atoms with van der Waals surface area (Å²) in [6.07, 6.45) is 6.94. The monoisotopic (exact) mass is 260 g/mol. The van der Waals surface area contributed by atoms with Crippen LogP contribution >= 0.6 is 0 Å². The second-order valence-electron chi connectivity index (χ2n) is 4.89. The van der Waals surface area contributed by atoms with Gasteiger partial charge in [-0.25, -0.2) is 5.48 Å². The van der Waals surface area contributed by atoms with Crippen LogP contribution in [0.1, 0.15) is 30.4 Å². The number of likely N-dealkylation sites (tertiary alicyclic amines) is 1. The van der Waals surface area contributed by atoms with Crippen molar-refractivity contribution < 1.29 is 10.0 Å². The van der Waals surface area contributed by atoms with Gasteiger partial charge in [0.1, 0.15) is 0 Å². The highest BCUT2D eigenvalue weighted by Gasteiger charge is 2.09. The van der Waals surface area contributed by atoms with Crippen LogP contribution in [0.2, 0.25) is 0 Å². The van der Waals surface area contributed by atoms with Crippen molar-refractivity contribution in [3.05, 3.63) is 41.5 Å². The summed E-state index contributed by atoms with van der Waals surface area (Å²) in [5, 5.41) is 8.38. The van der Waals surface area contributed by atoms with E-state index in [9.17, 15) is 4.79 Å². The van der Waals surface area contributed by atoms with Gasteiger partial charge in [-0.15, -0.1) is 0 Å². The predicted octanol–water partition coefficient (Wildman–Crippen LogP) is 2.19. The minimum absolute atomic E-state index is 0.516. The Bertz CT molecular complexity index is 434. The summed E-state index contributed by atoms with van der Waals surface area (Å²) in [4.78, 5) is 13.3. The van der Waals surface area contributed by atoms with Crippen molar-refractivity contribution >= 4 is 12.0 Å². The molecule has 4 nitrogen and oxygen atoms in total. The average Bonchev–Trinajstić information content (AvgIpc) is 2.47. The molecule has 0 aromatic heterocycles. The Kier molecular flexibility index (Phi) is 5.12. The van der Waals surface area contributed by atoms with Gasteiger partial charge < -0.3 is 0 Å². The number of amides is 1. The van der Waals surface area contributed by atoms with Crippen LogP contribution in [-0.2, 0) is 11.3 Å². The van der Waals surface area contributed by atoms with Gasteiger partial charge in [0.15, 0.2) is 0 Å². The van der Waals surface area contributed by atoms with Crippen LogP contribution in [-0.4, -0.2) is 29.1 Å². The molecule has 1 saturated heterocycles. The van der Waals surface area contributed by atoms with Crippen molar-refractivity contribution in [1.82, 2.24) is 10.4 Å². The van der Waals surface area contributed by atoms with Crippen LogP contribution in [0, 0.1) is 0 Å². The van der Waals surface area contributed by atoms with E-state index in [1.807, 2.05) is 12.1 Å². The van der Waals surface area contributed by atoms with E-state index in [2.05, 4.69) is 17.0 Å². The van der Waals surface area contributed by atoms with Crippen molar-refractivity contribution in [2.75, 3.05) is 13.1 Å². The third kappa shape index (κ3) is 4.50. The molecule has 2 rings (SSSR count). The Morgan fingerprint density at radius 1 is 1.21 bits per heavy atom. The molecule has 0 bridgehead atoms. The molecular formula is C15H20N2O2. The summed E-state index contributed by atoms with van der Waals surface area (Å²) >= 11 is 0. The molecule has 2 N–H and O–H groups in total. The van der Waals surface area contributed by atoms with Gasteiger partial charge in [0.2, 0.25) is 0 Å². The molecule has 0 saturated carbocycles. The molecule has 1 fully saturated rings. The second kappa shape index (κ2) is 7.07. The highest BCUT2D eigenvalue weighted by molar-refractivity contribution is 5.90. The first kappa shape index (κ1) is 13.8. The number of hydrogen-bond donors (Lipinski definition) is 2. The summed E-state index contributed by atoms with van der Waals surface area (Å²) in [5.41, 5.74) is 3.82. The Balaban J connectivity index is 1.90. The van der Waals surface area contributed by atoms with E-state index < -0.39 is 5.91 Å². The minimum atomic E-state index is -0.516. The van der Waals surface area contributed by atoms with Crippen molar-refractivity contribution in [3.8, 4) is 0 Å². The molecular weight excluding hydrogens is 240 g/mol. The quantitative estimate of drug-likeness (QED) is 0.496. The summed E-state index contributed by atoms with van der Waals surface area (Å²) < 4.78 is 0. The van der Waals surface area contributed by atoms with Crippen LogP contribution in [0.15, 0.2) is 30.3 Å². The van der Waals surface area contributed by atoms with Crippen LogP contribution in [0.3, 0.4) is 0 Å². The van der Waals surface area contributed by atoms with E-state index in [1.54, 1.807) is 11.6 Å². The Morgan fingerprint density at radius 3 is 2.53 bits per heavy atom. The highest BCUT2D eigenvalue weighted by atomic mass is 16.5. The maximum atomic E-state index is 10.9. The molecule has 1 aromatic carbocycles. The average molecular weight is 260 g/mol. The van der Waals surface area contributed by atoms with Gasteiger partial charge in [0.05, 0.1) is 0 Å². The largest absolute Gasteiger partial charge is 0.299 e. The number of carbonyl (C=O) groups excluding carboxylic acids is 1. The number of rotatable bonds is 4. The number of nitrogens with one attached hydrogen (secondary N) is 1. The van der Waals surface area contributed by atoms with E-state index in [0.717, 1.165) is 12.1 Å². The molecule has 0 aliphatic carbocycles. The number of hydroxylamine groups is 1. The second-order valence-corrected chi connectivity index (χ2v) is 4.89. The maximum Gasteiger partial charge on any atom is 0.267 e. The number of carbonyl (C=O) groups is 1. The fraction of sp³-hybridized carbons (Fsp3) is 0.400. The van der Waals surface area contributed by atoms with Gasteiger partial charge in [-0.2, -0.15) is 0 Å². The third-order valence-electron chi connectivity index (χ3n) is 3.37. The number of hydrogen-bond acceptors (Lipinski definition) is 3. The van der Waals surface area contributed by atoms with Crippen LogP contribution in [0.5, 0.6) is 0 Å². The van der Waals surface area contributed by atoms with Gasteiger partial charge >= 0.3 is 0 Å². The van der Waals surface area contributed by atoms with Gasteiger partial charge in [-0.1, -0.05) is 30.7 Å². The molecule has 0 atom stereocenters. The Hall–Kier alpha value is -1.65. The molecule has 102 valence electrons. The number of nitrogens with zero attached hydrogens (tertiary/aromatic N) is 1. The predicted molar refractivity (Wildman–Crippen MR) is 74.5 cm³/mol. The smallest absolute Gasteiger partial charge is 0.267 e. The zero-order valence-electron chi connectivity index (χ0n) is 11.0. The lowest BCUT2D eigenvalue weighted by Gasteiger charge is -2.26. The number of piperidine rings is 1. The number of benzene rings is 1. The van der Waals surface area contributed by atoms with E-state index in [0.29, 0.717) is 0 Å². The van der Waals surface area contributed by atoms with Gasteiger partial charge in [0, 0.05) is 12.6 Å². The molecule has 4 heteroatoms. The van der Waals surface area contributed by atoms with Crippen LogP contribution in [0.4, 0.5) is 0 Å². The molecule has 1 aromatic rings. The first-order valence-corrected chi connectivity index (χ1v) is 6.71. The lowest BCUT2D eigenvalue weighted by molar-refractivity contribution is -0.124. The van der Waals surface area contributed by atoms with Crippen molar-refractivity contribution in [1.29, 1.82) is 0 Å². The standard InChI is InChI=1S/C15H20N2O2/c18-15(16-19)9-8-13-4-6-14(7-5-13)12-17-10-2-1-3-11-17/h4-9,19H,1-3,10-12H2,(H,16,18). The first-order chi connectivity index (χ1) is 9.28. The van der Waals surface area contributed by atoms with Crippen molar-refractivity contribution in [3.63, 3.8) is 0 Å². The lowest BCUT2D eigenvalue weighted by Crippen LogP contribution is -2.29. The summed E-state index contributed by atoms with van der Waals surface area (Å²) in [6.45, 7) is 3.39.